The molecule has 0 aliphatic heterocycles. The lowest BCUT2D eigenvalue weighted by atomic mass is 9.95. The molecule has 0 saturated carbocycles. The third-order valence-corrected chi connectivity index (χ3v) is 2.26. The average molecular weight is 220 g/mol. The fourth-order valence-corrected chi connectivity index (χ4v) is 1.15. The lowest BCUT2D eigenvalue weighted by Crippen LogP contribution is -2.36. The maximum Gasteiger partial charge on any atom is 0.239 e. The predicted molar refractivity (Wildman–Crippen MR) is 59.2 cm³/mol. The first-order valence-corrected chi connectivity index (χ1v) is 5.23. The van der Waals surface area contributed by atoms with Gasteiger partial charge < -0.3 is 5.32 Å². The summed E-state index contributed by atoms with van der Waals surface area (Å²) in [4.78, 5) is 11.5. The Kier molecular flexibility index (Phi) is 4.06. The number of hydrogen-bond acceptors (Lipinski definition) is 3. The Morgan fingerprint density at radius 1 is 1.62 bits per heavy atom. The number of aryl methyl sites for hydroxylation is 1. The van der Waals surface area contributed by atoms with E-state index in [4.69, 9.17) is 5.26 Å². The van der Waals surface area contributed by atoms with Crippen LogP contribution in [0.1, 0.15) is 20.3 Å². The Hall–Kier alpha value is -1.83. The van der Waals surface area contributed by atoms with E-state index in [0.717, 1.165) is 13.0 Å². The van der Waals surface area contributed by atoms with Gasteiger partial charge in [-0.15, -0.1) is 0 Å². The molecule has 0 aliphatic rings. The molecule has 0 fully saturated rings. The summed E-state index contributed by atoms with van der Waals surface area (Å²) < 4.78 is 1.81. The van der Waals surface area contributed by atoms with Crippen LogP contribution in [-0.4, -0.2) is 22.2 Å². The molecule has 0 aliphatic carbocycles. The van der Waals surface area contributed by atoms with Crippen molar-refractivity contribution >= 4 is 5.91 Å². The van der Waals surface area contributed by atoms with E-state index in [2.05, 4.69) is 10.4 Å². The summed E-state index contributed by atoms with van der Waals surface area (Å²) in [7, 11) is 0. The summed E-state index contributed by atoms with van der Waals surface area (Å²) in [5.41, 5.74) is -0.953. The van der Waals surface area contributed by atoms with Crippen LogP contribution in [0, 0.1) is 16.7 Å². The highest BCUT2D eigenvalue weighted by molar-refractivity contribution is 5.84. The molecule has 0 saturated heterocycles. The summed E-state index contributed by atoms with van der Waals surface area (Å²) in [6, 6.07) is 3.82. The molecule has 16 heavy (non-hydrogen) atoms. The molecule has 0 atom stereocenters. The molecular formula is C11H16N4O. The van der Waals surface area contributed by atoms with Gasteiger partial charge in [-0.25, -0.2) is 0 Å². The topological polar surface area (TPSA) is 70.7 Å². The zero-order chi connectivity index (χ0) is 12.0. The van der Waals surface area contributed by atoms with Crippen LogP contribution in [0.2, 0.25) is 0 Å². The minimum atomic E-state index is -0.953. The first kappa shape index (κ1) is 12.2. The third kappa shape index (κ3) is 3.39. The van der Waals surface area contributed by atoms with Crippen molar-refractivity contribution in [1.29, 1.82) is 5.26 Å². The van der Waals surface area contributed by atoms with Gasteiger partial charge in [0.15, 0.2) is 0 Å². The quantitative estimate of drug-likeness (QED) is 0.751. The monoisotopic (exact) mass is 220 g/mol. The molecule has 0 unspecified atom stereocenters. The summed E-state index contributed by atoms with van der Waals surface area (Å²) in [5, 5.41) is 15.5. The van der Waals surface area contributed by atoms with E-state index in [1.165, 1.54) is 0 Å². The highest BCUT2D eigenvalue weighted by Gasteiger charge is 2.26. The number of carbonyl (C=O) groups excluding carboxylic acids is 1. The average Bonchev–Trinajstić information content (AvgIpc) is 2.76. The van der Waals surface area contributed by atoms with E-state index in [0.29, 0.717) is 6.54 Å². The van der Waals surface area contributed by atoms with Crippen molar-refractivity contribution in [3.63, 3.8) is 0 Å². The molecule has 1 heterocycles. The summed E-state index contributed by atoms with van der Waals surface area (Å²) in [6.07, 6.45) is 4.40. The second-order valence-corrected chi connectivity index (χ2v) is 4.12. The summed E-state index contributed by atoms with van der Waals surface area (Å²) in [5.74, 6) is -0.226. The van der Waals surface area contributed by atoms with Gasteiger partial charge >= 0.3 is 0 Å². The largest absolute Gasteiger partial charge is 0.355 e. The molecule has 0 radical (unpaired) electrons. The standard InChI is InChI=1S/C11H16N4O/c1-11(2,9-12)10(16)13-5-3-7-15-8-4-6-14-15/h4,6,8H,3,5,7H2,1-2H3,(H,13,16). The summed E-state index contributed by atoms with van der Waals surface area (Å²) in [6.45, 7) is 4.54. The van der Waals surface area contributed by atoms with Gasteiger partial charge in [-0.05, 0) is 26.3 Å². The van der Waals surface area contributed by atoms with Crippen molar-refractivity contribution in [1.82, 2.24) is 15.1 Å². The zero-order valence-electron chi connectivity index (χ0n) is 9.60. The Morgan fingerprint density at radius 3 is 2.94 bits per heavy atom. The third-order valence-electron chi connectivity index (χ3n) is 2.26. The van der Waals surface area contributed by atoms with Crippen molar-refractivity contribution in [2.75, 3.05) is 6.54 Å². The van der Waals surface area contributed by atoms with Gasteiger partial charge in [-0.3, -0.25) is 9.48 Å². The number of rotatable bonds is 5. The number of aromatic nitrogens is 2. The fraction of sp³-hybridized carbons (Fsp3) is 0.545. The molecule has 86 valence electrons. The predicted octanol–water partition coefficient (Wildman–Crippen LogP) is 0.939. The normalized spacial score (nSPS) is 10.8. The number of carbonyl (C=O) groups is 1. The van der Waals surface area contributed by atoms with Crippen LogP contribution < -0.4 is 5.32 Å². The van der Waals surface area contributed by atoms with Gasteiger partial charge in [0.25, 0.3) is 0 Å². The van der Waals surface area contributed by atoms with Crippen LogP contribution in [0.25, 0.3) is 0 Å². The van der Waals surface area contributed by atoms with Crippen molar-refractivity contribution in [3.05, 3.63) is 18.5 Å². The van der Waals surface area contributed by atoms with E-state index in [1.54, 1.807) is 20.0 Å². The maximum atomic E-state index is 11.5. The lowest BCUT2D eigenvalue weighted by Gasteiger charge is -2.14. The van der Waals surface area contributed by atoms with Gasteiger partial charge in [0.05, 0.1) is 6.07 Å². The SMILES string of the molecule is CC(C)(C#N)C(=O)NCCCn1cccn1. The molecule has 1 N–H and O–H groups in total. The van der Waals surface area contributed by atoms with Crippen LogP contribution in [-0.2, 0) is 11.3 Å². The Morgan fingerprint density at radius 2 is 2.38 bits per heavy atom. The molecule has 1 aromatic rings. The van der Waals surface area contributed by atoms with E-state index >= 15 is 0 Å². The second kappa shape index (κ2) is 5.31. The van der Waals surface area contributed by atoms with E-state index in [-0.39, 0.29) is 5.91 Å². The van der Waals surface area contributed by atoms with Crippen LogP contribution in [0.4, 0.5) is 0 Å². The molecule has 1 amide bonds. The number of amides is 1. The molecule has 0 aromatic carbocycles. The molecule has 0 spiro atoms. The number of nitriles is 1. The highest BCUT2D eigenvalue weighted by Crippen LogP contribution is 2.12. The van der Waals surface area contributed by atoms with Crippen LogP contribution >= 0.6 is 0 Å². The number of nitrogens with zero attached hydrogens (tertiary/aromatic N) is 3. The van der Waals surface area contributed by atoms with Crippen LogP contribution in [0.3, 0.4) is 0 Å². The Bertz CT molecular complexity index is 375. The summed E-state index contributed by atoms with van der Waals surface area (Å²) >= 11 is 0. The minimum Gasteiger partial charge on any atom is -0.355 e. The number of nitrogens with one attached hydrogen (secondary N) is 1. The minimum absolute atomic E-state index is 0.226. The Labute approximate surface area is 95.1 Å². The smallest absolute Gasteiger partial charge is 0.239 e. The van der Waals surface area contributed by atoms with Crippen LogP contribution in [0.15, 0.2) is 18.5 Å². The fourth-order valence-electron chi connectivity index (χ4n) is 1.15. The zero-order valence-corrected chi connectivity index (χ0v) is 9.60. The van der Waals surface area contributed by atoms with Crippen molar-refractivity contribution in [2.45, 2.75) is 26.8 Å². The van der Waals surface area contributed by atoms with Crippen molar-refractivity contribution < 1.29 is 4.79 Å². The molecule has 0 bridgehead atoms. The first-order valence-electron chi connectivity index (χ1n) is 5.23. The second-order valence-electron chi connectivity index (χ2n) is 4.12. The molecule has 1 rings (SSSR count). The van der Waals surface area contributed by atoms with Crippen LogP contribution in [0.5, 0.6) is 0 Å². The maximum absolute atomic E-state index is 11.5. The van der Waals surface area contributed by atoms with Gasteiger partial charge in [-0.1, -0.05) is 0 Å². The molecular weight excluding hydrogens is 204 g/mol. The molecule has 5 heteroatoms. The van der Waals surface area contributed by atoms with Gasteiger partial charge in [0, 0.05) is 25.5 Å². The van der Waals surface area contributed by atoms with E-state index in [1.807, 2.05) is 23.0 Å². The van der Waals surface area contributed by atoms with Crippen molar-refractivity contribution in [2.24, 2.45) is 5.41 Å². The lowest BCUT2D eigenvalue weighted by molar-refractivity contribution is -0.126. The highest BCUT2D eigenvalue weighted by atomic mass is 16.2. The Balaban J connectivity index is 2.22. The van der Waals surface area contributed by atoms with E-state index in [9.17, 15) is 4.79 Å². The van der Waals surface area contributed by atoms with Crippen molar-refractivity contribution in [3.8, 4) is 6.07 Å². The van der Waals surface area contributed by atoms with Gasteiger partial charge in [0.2, 0.25) is 5.91 Å². The molecule has 5 nitrogen and oxygen atoms in total. The molecule has 1 aromatic heterocycles. The first-order chi connectivity index (χ1) is 7.56. The van der Waals surface area contributed by atoms with Gasteiger partial charge in [0.1, 0.15) is 5.41 Å². The van der Waals surface area contributed by atoms with E-state index < -0.39 is 5.41 Å². The van der Waals surface area contributed by atoms with Gasteiger partial charge in [-0.2, -0.15) is 10.4 Å². The number of hydrogen-bond donors (Lipinski definition) is 1.